The summed E-state index contributed by atoms with van der Waals surface area (Å²) in [6, 6.07) is 6.54. The van der Waals surface area contributed by atoms with Gasteiger partial charge in [-0.25, -0.2) is 15.8 Å². The Hall–Kier alpha value is -2.25. The van der Waals surface area contributed by atoms with Crippen LogP contribution in [0.1, 0.15) is 27.1 Å². The summed E-state index contributed by atoms with van der Waals surface area (Å²) in [5.41, 5.74) is 8.15. The molecular formula is C15H12F3N5S. The quantitative estimate of drug-likeness (QED) is 0.793. The maximum absolute atomic E-state index is 12.7. The van der Waals surface area contributed by atoms with E-state index < -0.39 is 17.8 Å². The number of nitrogens with zero attached hydrogens (tertiary/aromatic N) is 2. The van der Waals surface area contributed by atoms with Gasteiger partial charge in [-0.05, 0) is 23.8 Å². The number of hydrogen-bond acceptors (Lipinski definition) is 6. The number of nitriles is 1. The summed E-state index contributed by atoms with van der Waals surface area (Å²) in [5, 5.41) is 9.68. The second-order valence-corrected chi connectivity index (χ2v) is 6.15. The van der Waals surface area contributed by atoms with Crippen molar-refractivity contribution in [2.75, 3.05) is 0 Å². The highest BCUT2D eigenvalue weighted by atomic mass is 32.1. The summed E-state index contributed by atoms with van der Waals surface area (Å²) in [4.78, 5) is 5.07. The van der Waals surface area contributed by atoms with Crippen LogP contribution in [-0.2, 0) is 6.18 Å². The Labute approximate surface area is 139 Å². The molecule has 1 aromatic heterocycles. The van der Waals surface area contributed by atoms with E-state index in [0.29, 0.717) is 10.6 Å². The Morgan fingerprint density at radius 2 is 2.08 bits per heavy atom. The number of thiazole rings is 1. The first-order chi connectivity index (χ1) is 11.5. The first-order valence-corrected chi connectivity index (χ1v) is 7.76. The minimum Gasteiger partial charge on any atom is -0.245 e. The Bertz CT molecular complexity index is 793. The third-order valence-electron chi connectivity index (χ3n) is 3.41. The molecule has 2 aromatic rings. The molecule has 2 heterocycles. The van der Waals surface area contributed by atoms with Crippen molar-refractivity contribution in [1.29, 1.82) is 5.26 Å². The van der Waals surface area contributed by atoms with Gasteiger partial charge in [-0.1, -0.05) is 18.2 Å². The van der Waals surface area contributed by atoms with Crippen LogP contribution in [0.25, 0.3) is 12.2 Å². The number of rotatable bonds is 3. The van der Waals surface area contributed by atoms with Crippen LogP contribution in [0.3, 0.4) is 0 Å². The van der Waals surface area contributed by atoms with E-state index in [1.165, 1.54) is 17.4 Å². The van der Waals surface area contributed by atoms with E-state index in [-0.39, 0.29) is 6.04 Å². The number of benzene rings is 1. The van der Waals surface area contributed by atoms with Crippen LogP contribution >= 0.6 is 11.3 Å². The topological polar surface area (TPSA) is 72.8 Å². The van der Waals surface area contributed by atoms with Gasteiger partial charge in [0.25, 0.3) is 0 Å². The fourth-order valence-electron chi connectivity index (χ4n) is 2.21. The maximum Gasteiger partial charge on any atom is 0.416 e. The van der Waals surface area contributed by atoms with Crippen molar-refractivity contribution < 1.29 is 13.2 Å². The number of alkyl halides is 3. The predicted octanol–water partition coefficient (Wildman–Crippen LogP) is 2.88. The molecule has 5 nitrogen and oxygen atoms in total. The lowest BCUT2D eigenvalue weighted by Gasteiger charge is -2.07. The second-order valence-electron chi connectivity index (χ2n) is 5.06. The van der Waals surface area contributed by atoms with Crippen LogP contribution in [0.4, 0.5) is 13.2 Å². The molecule has 1 fully saturated rings. The minimum absolute atomic E-state index is 0.233. The van der Waals surface area contributed by atoms with Crippen molar-refractivity contribution in [3.05, 3.63) is 51.5 Å². The first-order valence-electron chi connectivity index (χ1n) is 6.94. The van der Waals surface area contributed by atoms with E-state index >= 15 is 0 Å². The van der Waals surface area contributed by atoms with Gasteiger partial charge in [-0.2, -0.15) is 24.0 Å². The highest BCUT2D eigenvalue weighted by Crippen LogP contribution is 2.30. The molecule has 3 rings (SSSR count). The summed E-state index contributed by atoms with van der Waals surface area (Å²) in [6.45, 7) is 0. The fraction of sp³-hybridized carbons (Fsp3) is 0.200. The zero-order valence-electron chi connectivity index (χ0n) is 12.1. The summed E-state index contributed by atoms with van der Waals surface area (Å²) >= 11 is 1.36. The number of hydrazine groups is 2. The number of nitrogens with one attached hydrogen (secondary N) is 3. The zero-order chi connectivity index (χ0) is 17.2. The average molecular weight is 351 g/mol. The van der Waals surface area contributed by atoms with Crippen molar-refractivity contribution in [3.8, 4) is 6.07 Å². The van der Waals surface area contributed by atoms with Crippen LogP contribution in [-0.4, -0.2) is 11.0 Å². The van der Waals surface area contributed by atoms with Crippen LogP contribution in [0.15, 0.2) is 30.5 Å². The molecule has 1 aliphatic rings. The zero-order valence-corrected chi connectivity index (χ0v) is 12.9. The van der Waals surface area contributed by atoms with Gasteiger partial charge in [0.1, 0.15) is 11.0 Å². The third kappa shape index (κ3) is 3.63. The Morgan fingerprint density at radius 1 is 1.25 bits per heavy atom. The van der Waals surface area contributed by atoms with Crippen molar-refractivity contribution >= 4 is 23.5 Å². The number of hydrogen-bond donors (Lipinski definition) is 3. The van der Waals surface area contributed by atoms with E-state index in [9.17, 15) is 13.2 Å². The van der Waals surface area contributed by atoms with E-state index in [1.54, 1.807) is 24.4 Å². The van der Waals surface area contributed by atoms with Gasteiger partial charge in [0.15, 0.2) is 0 Å². The molecule has 124 valence electrons. The van der Waals surface area contributed by atoms with Gasteiger partial charge in [-0.3, -0.25) is 0 Å². The monoisotopic (exact) mass is 351 g/mol. The summed E-state index contributed by atoms with van der Waals surface area (Å²) in [5.74, 6) is 0. The molecular weight excluding hydrogens is 339 g/mol. The molecule has 1 aromatic carbocycles. The molecule has 2 atom stereocenters. The highest BCUT2D eigenvalue weighted by Gasteiger charge is 2.30. The molecule has 3 N–H and O–H groups in total. The van der Waals surface area contributed by atoms with Crippen LogP contribution < -0.4 is 16.4 Å². The molecule has 0 saturated carbocycles. The maximum atomic E-state index is 12.7. The van der Waals surface area contributed by atoms with Gasteiger partial charge in [0.05, 0.1) is 17.7 Å². The van der Waals surface area contributed by atoms with E-state index in [1.807, 2.05) is 0 Å². The smallest absolute Gasteiger partial charge is 0.245 e. The Morgan fingerprint density at radius 3 is 2.83 bits per heavy atom. The van der Waals surface area contributed by atoms with Crippen LogP contribution in [0.2, 0.25) is 0 Å². The lowest BCUT2D eigenvalue weighted by molar-refractivity contribution is -0.137. The SMILES string of the molecule is N#CC1NNNC1c1cnc(/C=C/c2cccc(C(F)(F)F)c2)s1. The average Bonchev–Trinajstić information content (AvgIpc) is 3.21. The van der Waals surface area contributed by atoms with E-state index in [4.69, 9.17) is 5.26 Å². The molecule has 0 amide bonds. The van der Waals surface area contributed by atoms with E-state index in [2.05, 4.69) is 27.4 Å². The molecule has 1 saturated heterocycles. The summed E-state index contributed by atoms with van der Waals surface area (Å²) < 4.78 is 38.1. The van der Waals surface area contributed by atoms with Gasteiger partial charge in [-0.15, -0.1) is 11.3 Å². The number of aromatic nitrogens is 1. The van der Waals surface area contributed by atoms with Crippen molar-refractivity contribution in [2.24, 2.45) is 0 Å². The van der Waals surface area contributed by atoms with Crippen molar-refractivity contribution in [2.45, 2.75) is 18.3 Å². The Balaban J connectivity index is 1.75. The second kappa shape index (κ2) is 6.70. The van der Waals surface area contributed by atoms with E-state index in [0.717, 1.165) is 17.0 Å². The predicted molar refractivity (Wildman–Crippen MR) is 84.0 cm³/mol. The van der Waals surface area contributed by atoms with Crippen LogP contribution in [0.5, 0.6) is 0 Å². The van der Waals surface area contributed by atoms with Gasteiger partial charge in [0, 0.05) is 11.1 Å². The molecule has 0 spiro atoms. The molecule has 0 bridgehead atoms. The molecule has 24 heavy (non-hydrogen) atoms. The molecule has 1 aliphatic heterocycles. The lowest BCUT2D eigenvalue weighted by atomic mass is 10.1. The largest absolute Gasteiger partial charge is 0.416 e. The van der Waals surface area contributed by atoms with Gasteiger partial charge < -0.3 is 0 Å². The van der Waals surface area contributed by atoms with Crippen LogP contribution in [0, 0.1) is 11.3 Å². The Kier molecular flexibility index (Phi) is 4.64. The molecule has 0 aliphatic carbocycles. The molecule has 9 heteroatoms. The third-order valence-corrected chi connectivity index (χ3v) is 4.45. The van der Waals surface area contributed by atoms with Crippen molar-refractivity contribution in [3.63, 3.8) is 0 Å². The van der Waals surface area contributed by atoms with Gasteiger partial charge >= 0.3 is 6.18 Å². The molecule has 2 unspecified atom stereocenters. The summed E-state index contributed by atoms with van der Waals surface area (Å²) in [6.07, 6.45) is 0.519. The highest BCUT2D eigenvalue weighted by molar-refractivity contribution is 7.12. The first kappa shape index (κ1) is 16.6. The fourth-order valence-corrected chi connectivity index (χ4v) is 3.12. The molecule has 0 radical (unpaired) electrons. The lowest BCUT2D eigenvalue weighted by Crippen LogP contribution is -2.32. The van der Waals surface area contributed by atoms with Gasteiger partial charge in [0.2, 0.25) is 0 Å². The normalized spacial score (nSPS) is 21.2. The minimum atomic E-state index is -4.36. The summed E-state index contributed by atoms with van der Waals surface area (Å²) in [7, 11) is 0. The standard InChI is InChI=1S/C15H12F3N5S/c16-15(17,18)10-3-1-2-9(6-10)4-5-13-20-8-12(24-13)14-11(7-19)21-23-22-14/h1-6,8,11,14,21-23H/b5-4+. The van der Waals surface area contributed by atoms with Crippen molar-refractivity contribution in [1.82, 2.24) is 21.4 Å². The number of halogens is 3.